The van der Waals surface area contributed by atoms with Gasteiger partial charge in [0.25, 0.3) is 0 Å². The van der Waals surface area contributed by atoms with Gasteiger partial charge in [0.15, 0.2) is 14.9 Å². The number of carbonyl (C=O) groups excluding carboxylic acids is 1. The van der Waals surface area contributed by atoms with Crippen LogP contribution in [0, 0.1) is 0 Å². The molecule has 5 rings (SSSR count). The highest BCUT2D eigenvalue weighted by atomic mass is 32.2. The lowest BCUT2D eigenvalue weighted by molar-refractivity contribution is -0.0797. The van der Waals surface area contributed by atoms with Gasteiger partial charge in [-0.1, -0.05) is 0 Å². The monoisotopic (exact) mass is 479 g/mol. The first-order chi connectivity index (χ1) is 15.7. The van der Waals surface area contributed by atoms with Gasteiger partial charge in [-0.15, -0.1) is 0 Å². The fraction of sp³-hybridized carbons (Fsp3) is 0.783. The molecule has 2 saturated carbocycles. The second-order valence-corrected chi connectivity index (χ2v) is 12.3. The van der Waals surface area contributed by atoms with Crippen molar-refractivity contribution in [1.82, 2.24) is 14.9 Å². The number of sulfone groups is 1. The number of ether oxygens (including phenoxy) is 3. The number of hydrogen-bond donors (Lipinski definition) is 0. The normalized spacial score (nSPS) is 32.9. The quantitative estimate of drug-likeness (QED) is 0.612. The molecule has 2 bridgehead atoms. The minimum absolute atomic E-state index is 0.0276. The van der Waals surface area contributed by atoms with Crippen LogP contribution in [0.4, 0.5) is 4.79 Å². The third-order valence-electron chi connectivity index (χ3n) is 7.47. The van der Waals surface area contributed by atoms with Gasteiger partial charge in [0.2, 0.25) is 5.88 Å². The van der Waals surface area contributed by atoms with Crippen LogP contribution in [0.2, 0.25) is 0 Å². The number of hydrogen-bond acceptors (Lipinski definition) is 8. The first-order valence-electron chi connectivity index (χ1n) is 12.0. The summed E-state index contributed by atoms with van der Waals surface area (Å²) in [5.41, 5.74) is -0.230. The van der Waals surface area contributed by atoms with Gasteiger partial charge in [0.1, 0.15) is 11.7 Å². The molecule has 0 radical (unpaired) electrons. The van der Waals surface area contributed by atoms with Gasteiger partial charge in [-0.3, -0.25) is 0 Å². The third kappa shape index (κ3) is 5.26. The van der Waals surface area contributed by atoms with Crippen LogP contribution in [0.1, 0.15) is 71.1 Å². The number of amides is 1. The van der Waals surface area contributed by atoms with E-state index in [2.05, 4.69) is 9.97 Å². The molecule has 33 heavy (non-hydrogen) atoms. The zero-order valence-corrected chi connectivity index (χ0v) is 20.1. The Morgan fingerprint density at radius 1 is 0.970 bits per heavy atom. The predicted molar refractivity (Wildman–Crippen MR) is 119 cm³/mol. The average Bonchev–Trinajstić information content (AvgIpc) is 3.42. The van der Waals surface area contributed by atoms with E-state index in [4.69, 9.17) is 14.2 Å². The van der Waals surface area contributed by atoms with E-state index < -0.39 is 9.84 Å². The molecule has 4 fully saturated rings. The maximum atomic E-state index is 12.7. The molecule has 0 spiro atoms. The van der Waals surface area contributed by atoms with Crippen LogP contribution in [-0.2, 0) is 19.3 Å². The average molecular weight is 480 g/mol. The molecule has 0 aromatic carbocycles. The Hall–Kier alpha value is -1.94. The molecule has 10 heteroatoms. The molecule has 182 valence electrons. The Morgan fingerprint density at radius 3 is 2.15 bits per heavy atom. The molecule has 3 heterocycles. The smallest absolute Gasteiger partial charge is 0.410 e. The Bertz CT molecular complexity index is 958. The number of rotatable bonds is 6. The van der Waals surface area contributed by atoms with E-state index in [-0.39, 0.29) is 47.1 Å². The van der Waals surface area contributed by atoms with Gasteiger partial charge in [0, 0.05) is 18.3 Å². The third-order valence-corrected chi connectivity index (χ3v) is 8.44. The lowest BCUT2D eigenvalue weighted by Crippen LogP contribution is -2.50. The van der Waals surface area contributed by atoms with E-state index >= 15 is 0 Å². The fourth-order valence-corrected chi connectivity index (χ4v) is 5.85. The number of nitrogens with zero attached hydrogens (tertiary/aromatic N) is 3. The number of piperidine rings is 1. The fourth-order valence-electron chi connectivity index (χ4n) is 5.36. The van der Waals surface area contributed by atoms with Crippen molar-refractivity contribution in [3.05, 3.63) is 12.4 Å². The summed E-state index contributed by atoms with van der Waals surface area (Å²) >= 11 is 0. The van der Waals surface area contributed by atoms with Gasteiger partial charge < -0.3 is 19.1 Å². The summed E-state index contributed by atoms with van der Waals surface area (Å²) in [4.78, 5) is 22.7. The van der Waals surface area contributed by atoms with Gasteiger partial charge in [-0.05, 0) is 71.1 Å². The van der Waals surface area contributed by atoms with Gasteiger partial charge in [-0.2, -0.15) is 0 Å². The maximum absolute atomic E-state index is 12.7. The second-order valence-electron chi connectivity index (χ2n) is 10.3. The summed E-state index contributed by atoms with van der Waals surface area (Å²) in [5.74, 6) is 0.350. The van der Waals surface area contributed by atoms with Crippen molar-refractivity contribution in [3.8, 4) is 5.88 Å². The van der Waals surface area contributed by atoms with Crippen LogP contribution in [-0.4, -0.2) is 71.6 Å². The van der Waals surface area contributed by atoms with Crippen LogP contribution in [0.3, 0.4) is 0 Å². The second kappa shape index (κ2) is 8.69. The van der Waals surface area contributed by atoms with Crippen molar-refractivity contribution in [2.24, 2.45) is 0 Å². The molecule has 4 aliphatic rings. The highest BCUT2D eigenvalue weighted by Gasteiger charge is 2.49. The zero-order valence-electron chi connectivity index (χ0n) is 19.3. The predicted octanol–water partition coefficient (Wildman–Crippen LogP) is 3.27. The SMILES string of the molecule is CC1(OC(=O)N2[C@@H]3CC[C@H]2C[C@H](O[C@H]2CC[C@H](Oc4cnc(S(C)(=O)=O)cn4)CC2)C3)CC1. The van der Waals surface area contributed by atoms with Crippen molar-refractivity contribution in [3.63, 3.8) is 0 Å². The summed E-state index contributed by atoms with van der Waals surface area (Å²) < 4.78 is 41.1. The summed E-state index contributed by atoms with van der Waals surface area (Å²) in [6, 6.07) is 0.466. The van der Waals surface area contributed by atoms with Crippen LogP contribution in [0.15, 0.2) is 17.4 Å². The summed E-state index contributed by atoms with van der Waals surface area (Å²) in [7, 11) is -3.37. The topological polar surface area (TPSA) is 108 Å². The first kappa shape index (κ1) is 22.8. The Balaban J connectivity index is 1.07. The maximum Gasteiger partial charge on any atom is 0.410 e. The molecule has 2 saturated heterocycles. The Labute approximate surface area is 195 Å². The zero-order chi connectivity index (χ0) is 23.2. The summed E-state index contributed by atoms with van der Waals surface area (Å²) in [6.45, 7) is 2.01. The minimum atomic E-state index is -3.37. The highest BCUT2D eigenvalue weighted by molar-refractivity contribution is 7.90. The molecular formula is C23H33N3O6S. The largest absolute Gasteiger partial charge is 0.473 e. The van der Waals surface area contributed by atoms with E-state index in [9.17, 15) is 13.2 Å². The molecule has 9 nitrogen and oxygen atoms in total. The molecule has 3 atom stereocenters. The van der Waals surface area contributed by atoms with E-state index in [1.807, 2.05) is 11.8 Å². The summed E-state index contributed by atoms with van der Waals surface area (Å²) in [5, 5.41) is -0.0537. The molecular weight excluding hydrogens is 446 g/mol. The Morgan fingerprint density at radius 2 is 1.61 bits per heavy atom. The lowest BCUT2D eigenvalue weighted by atomic mass is 9.93. The van der Waals surface area contributed by atoms with Crippen LogP contribution in [0.25, 0.3) is 0 Å². The van der Waals surface area contributed by atoms with Crippen molar-refractivity contribution in [1.29, 1.82) is 0 Å². The summed E-state index contributed by atoms with van der Waals surface area (Å²) in [6.07, 6.45) is 13.3. The van der Waals surface area contributed by atoms with Gasteiger partial charge >= 0.3 is 6.09 Å². The highest BCUT2D eigenvalue weighted by Crippen LogP contribution is 2.43. The molecule has 1 aromatic heterocycles. The number of aromatic nitrogens is 2. The molecule has 0 unspecified atom stereocenters. The standard InChI is InChI=1S/C23H33N3O6S/c1-23(9-10-23)32-22(27)26-15-3-4-16(26)12-19(11-15)30-17-5-7-18(8-6-17)31-20-13-25-21(14-24-20)33(2,28)29/h13-19H,3-12H2,1-2H3/t15-,16+,17-,18-,19-. The van der Waals surface area contributed by atoms with E-state index in [1.54, 1.807) is 0 Å². The number of carbonyl (C=O) groups is 1. The van der Waals surface area contributed by atoms with Crippen LogP contribution < -0.4 is 4.74 Å². The first-order valence-corrected chi connectivity index (χ1v) is 13.9. The van der Waals surface area contributed by atoms with E-state index in [1.165, 1.54) is 12.4 Å². The molecule has 2 aliphatic carbocycles. The Kier molecular flexibility index (Phi) is 6.01. The molecule has 2 aliphatic heterocycles. The van der Waals surface area contributed by atoms with Gasteiger partial charge in [0.05, 0.1) is 24.6 Å². The van der Waals surface area contributed by atoms with E-state index in [0.717, 1.165) is 70.5 Å². The van der Waals surface area contributed by atoms with Crippen LogP contribution >= 0.6 is 0 Å². The van der Waals surface area contributed by atoms with Crippen molar-refractivity contribution >= 4 is 15.9 Å². The molecule has 0 N–H and O–H groups in total. The lowest BCUT2D eigenvalue weighted by Gasteiger charge is -2.40. The minimum Gasteiger partial charge on any atom is -0.473 e. The van der Waals surface area contributed by atoms with E-state index in [0.29, 0.717) is 5.88 Å². The van der Waals surface area contributed by atoms with Crippen molar-refractivity contribution in [2.45, 2.75) is 112 Å². The van der Waals surface area contributed by atoms with Crippen LogP contribution in [0.5, 0.6) is 5.88 Å². The number of fused-ring (bicyclic) bond motifs is 2. The van der Waals surface area contributed by atoms with Crippen molar-refractivity contribution in [2.75, 3.05) is 6.26 Å². The molecule has 1 aromatic rings. The molecule has 1 amide bonds. The van der Waals surface area contributed by atoms with Gasteiger partial charge in [-0.25, -0.2) is 23.2 Å². The van der Waals surface area contributed by atoms with Crippen molar-refractivity contribution < 1.29 is 27.4 Å².